The van der Waals surface area contributed by atoms with Crippen LogP contribution >= 0.6 is 7.75 Å². The highest BCUT2D eigenvalue weighted by Crippen LogP contribution is 2.46. The van der Waals surface area contributed by atoms with Crippen molar-refractivity contribution in [3.05, 3.63) is 72.8 Å². The average Bonchev–Trinajstić information content (AvgIpc) is 2.69. The van der Waals surface area contributed by atoms with E-state index in [1.54, 1.807) is 50.2 Å². The van der Waals surface area contributed by atoms with Crippen molar-refractivity contribution in [2.24, 2.45) is 0 Å². The van der Waals surface area contributed by atoms with Crippen LogP contribution in [0.25, 0.3) is 10.8 Å². The van der Waals surface area contributed by atoms with E-state index in [9.17, 15) is 9.36 Å². The first kappa shape index (κ1) is 19.9. The molecule has 6 nitrogen and oxygen atoms in total. The smallest absolute Gasteiger partial charge is 0.465 e. The first-order valence-electron chi connectivity index (χ1n) is 8.97. The van der Waals surface area contributed by atoms with Gasteiger partial charge in [0, 0.05) is 5.39 Å². The van der Waals surface area contributed by atoms with Crippen molar-refractivity contribution in [1.82, 2.24) is 5.09 Å². The Labute approximate surface area is 164 Å². The van der Waals surface area contributed by atoms with E-state index >= 15 is 0 Å². The molecular weight excluding hydrogens is 377 g/mol. The van der Waals surface area contributed by atoms with Gasteiger partial charge in [-0.15, -0.1) is 0 Å². The summed E-state index contributed by atoms with van der Waals surface area (Å²) in [4.78, 5) is 12.0. The topological polar surface area (TPSA) is 73.9 Å². The Morgan fingerprint density at radius 1 is 0.964 bits per heavy atom. The van der Waals surface area contributed by atoms with E-state index in [2.05, 4.69) is 5.09 Å². The normalized spacial score (nSPS) is 14.1. The van der Waals surface area contributed by atoms with Crippen LogP contribution in [-0.2, 0) is 14.1 Å². The zero-order chi connectivity index (χ0) is 20.0. The third-order valence-corrected chi connectivity index (χ3v) is 5.52. The van der Waals surface area contributed by atoms with Crippen molar-refractivity contribution in [3.63, 3.8) is 0 Å². The molecule has 0 saturated heterocycles. The molecule has 3 rings (SSSR count). The molecule has 0 fully saturated rings. The quantitative estimate of drug-likeness (QED) is 0.427. The number of carbonyl (C=O) groups excluding carboxylic acids is 1. The zero-order valence-electron chi connectivity index (χ0n) is 15.7. The van der Waals surface area contributed by atoms with Gasteiger partial charge in [-0.2, -0.15) is 5.09 Å². The van der Waals surface area contributed by atoms with Crippen LogP contribution in [0.1, 0.15) is 13.8 Å². The Morgan fingerprint density at radius 3 is 2.39 bits per heavy atom. The molecule has 7 heteroatoms. The van der Waals surface area contributed by atoms with Crippen LogP contribution < -0.4 is 14.1 Å². The molecule has 3 aromatic carbocycles. The van der Waals surface area contributed by atoms with Gasteiger partial charge >= 0.3 is 13.7 Å². The SMILES string of the molecule is CCOC(=O)[C@H](C)N[P@](=O)(Oc1ccccc1)Oc1cccc2ccccc12. The average molecular weight is 399 g/mol. The molecule has 0 aliphatic carbocycles. The van der Waals surface area contributed by atoms with E-state index in [0.717, 1.165) is 10.8 Å². The van der Waals surface area contributed by atoms with Gasteiger partial charge in [-0.1, -0.05) is 54.6 Å². The molecule has 3 aromatic rings. The Kier molecular flexibility index (Phi) is 6.34. The molecule has 0 aliphatic heterocycles. The van der Waals surface area contributed by atoms with E-state index < -0.39 is 19.8 Å². The number of fused-ring (bicyclic) bond motifs is 1. The van der Waals surface area contributed by atoms with Gasteiger partial charge in [0.1, 0.15) is 17.5 Å². The molecule has 0 saturated carbocycles. The summed E-state index contributed by atoms with van der Waals surface area (Å²) in [5.41, 5.74) is 0. The Hall–Kier alpha value is -2.82. The fourth-order valence-electron chi connectivity index (χ4n) is 2.65. The summed E-state index contributed by atoms with van der Waals surface area (Å²) in [6, 6.07) is 20.8. The Balaban J connectivity index is 1.93. The predicted molar refractivity (Wildman–Crippen MR) is 108 cm³/mol. The van der Waals surface area contributed by atoms with E-state index in [1.807, 2.05) is 36.4 Å². The lowest BCUT2D eigenvalue weighted by atomic mass is 10.1. The number of hydrogen-bond donors (Lipinski definition) is 1. The van der Waals surface area contributed by atoms with Crippen LogP contribution in [0.5, 0.6) is 11.5 Å². The molecule has 0 bridgehead atoms. The molecule has 28 heavy (non-hydrogen) atoms. The van der Waals surface area contributed by atoms with Gasteiger partial charge in [0.2, 0.25) is 0 Å². The van der Waals surface area contributed by atoms with Gasteiger partial charge in [0.15, 0.2) is 0 Å². The van der Waals surface area contributed by atoms with Gasteiger partial charge in [-0.25, -0.2) is 4.57 Å². The second kappa shape index (κ2) is 8.91. The monoisotopic (exact) mass is 399 g/mol. The molecule has 0 heterocycles. The number of carbonyl (C=O) groups is 1. The number of ether oxygens (including phenoxy) is 1. The summed E-state index contributed by atoms with van der Waals surface area (Å²) in [5.74, 6) is 0.205. The first-order chi connectivity index (χ1) is 13.5. The number of esters is 1. The fourth-order valence-corrected chi connectivity index (χ4v) is 4.19. The van der Waals surface area contributed by atoms with Crippen LogP contribution in [0, 0.1) is 0 Å². The highest BCUT2D eigenvalue weighted by atomic mass is 31.2. The summed E-state index contributed by atoms with van der Waals surface area (Å²) in [5, 5.41) is 4.40. The van der Waals surface area contributed by atoms with Gasteiger partial charge in [-0.05, 0) is 37.4 Å². The van der Waals surface area contributed by atoms with Crippen LogP contribution in [0.2, 0.25) is 0 Å². The van der Waals surface area contributed by atoms with Crippen LogP contribution in [0.15, 0.2) is 72.8 Å². The summed E-state index contributed by atoms with van der Waals surface area (Å²) in [7, 11) is -3.95. The van der Waals surface area contributed by atoms with E-state index in [-0.39, 0.29) is 6.61 Å². The maximum Gasteiger partial charge on any atom is 0.513 e. The fraction of sp³-hybridized carbons (Fsp3) is 0.190. The lowest BCUT2D eigenvalue weighted by molar-refractivity contribution is -0.144. The first-order valence-corrected chi connectivity index (χ1v) is 10.5. The molecule has 2 atom stereocenters. The highest BCUT2D eigenvalue weighted by Gasteiger charge is 2.34. The van der Waals surface area contributed by atoms with Gasteiger partial charge in [0.25, 0.3) is 0 Å². The van der Waals surface area contributed by atoms with Gasteiger partial charge < -0.3 is 13.8 Å². The largest absolute Gasteiger partial charge is 0.513 e. The predicted octanol–water partition coefficient (Wildman–Crippen LogP) is 4.95. The van der Waals surface area contributed by atoms with Crippen molar-refractivity contribution in [2.75, 3.05) is 6.61 Å². The lowest BCUT2D eigenvalue weighted by Crippen LogP contribution is -2.35. The van der Waals surface area contributed by atoms with E-state index in [1.165, 1.54) is 0 Å². The summed E-state index contributed by atoms with van der Waals surface area (Å²) >= 11 is 0. The van der Waals surface area contributed by atoms with Crippen LogP contribution in [0.4, 0.5) is 0 Å². The van der Waals surface area contributed by atoms with Crippen molar-refractivity contribution in [3.8, 4) is 11.5 Å². The molecule has 1 N–H and O–H groups in total. The van der Waals surface area contributed by atoms with E-state index in [0.29, 0.717) is 11.5 Å². The van der Waals surface area contributed by atoms with Crippen LogP contribution in [-0.4, -0.2) is 18.6 Å². The minimum absolute atomic E-state index is 0.221. The van der Waals surface area contributed by atoms with Crippen molar-refractivity contribution < 1.29 is 23.1 Å². The molecule has 0 spiro atoms. The second-order valence-electron chi connectivity index (χ2n) is 6.07. The summed E-state index contributed by atoms with van der Waals surface area (Å²) < 4.78 is 30.0. The standard InChI is InChI=1S/C21H22NO5P/c1-3-25-21(23)16(2)22-28(24,26-18-12-5-4-6-13-18)27-20-15-9-11-17-10-7-8-14-19(17)20/h4-16H,3H2,1-2H3,(H,22,24)/t16-,28-/m0/s1. The lowest BCUT2D eigenvalue weighted by Gasteiger charge is -2.23. The van der Waals surface area contributed by atoms with Gasteiger partial charge in [-0.3, -0.25) is 4.79 Å². The maximum atomic E-state index is 13.6. The van der Waals surface area contributed by atoms with Gasteiger partial charge in [0.05, 0.1) is 6.61 Å². The molecule has 0 amide bonds. The summed E-state index contributed by atoms with van der Waals surface area (Å²) in [6.45, 7) is 3.47. The zero-order valence-corrected chi connectivity index (χ0v) is 16.6. The molecular formula is C21H22NO5P. The molecule has 0 radical (unpaired) electrons. The Morgan fingerprint density at radius 2 is 1.64 bits per heavy atom. The number of hydrogen-bond acceptors (Lipinski definition) is 5. The van der Waals surface area contributed by atoms with Crippen LogP contribution in [0.3, 0.4) is 0 Å². The molecule has 0 unspecified atom stereocenters. The number of rotatable bonds is 8. The van der Waals surface area contributed by atoms with Crippen molar-refractivity contribution in [1.29, 1.82) is 0 Å². The summed E-state index contributed by atoms with van der Waals surface area (Å²) in [6.07, 6.45) is 0. The molecule has 146 valence electrons. The number of benzene rings is 3. The van der Waals surface area contributed by atoms with Crippen molar-refractivity contribution >= 4 is 24.5 Å². The molecule has 0 aliphatic rings. The third-order valence-electron chi connectivity index (χ3n) is 3.93. The van der Waals surface area contributed by atoms with E-state index in [4.69, 9.17) is 13.8 Å². The minimum atomic E-state index is -3.95. The molecule has 0 aromatic heterocycles. The highest BCUT2D eigenvalue weighted by molar-refractivity contribution is 7.52. The second-order valence-corrected chi connectivity index (χ2v) is 7.69. The number of nitrogens with one attached hydrogen (secondary N) is 1. The Bertz CT molecular complexity index is 987. The van der Waals surface area contributed by atoms with Crippen molar-refractivity contribution in [2.45, 2.75) is 19.9 Å². The minimum Gasteiger partial charge on any atom is -0.465 e. The maximum absolute atomic E-state index is 13.6. The number of para-hydroxylation sites is 1. The third kappa shape index (κ3) is 4.91.